The summed E-state index contributed by atoms with van der Waals surface area (Å²) >= 11 is 4.18. The van der Waals surface area contributed by atoms with Crippen LogP contribution in [-0.2, 0) is 0 Å². The van der Waals surface area contributed by atoms with E-state index in [4.69, 9.17) is 9.97 Å². The normalized spacial score (nSPS) is 11.8. The van der Waals surface area contributed by atoms with Gasteiger partial charge in [-0.3, -0.25) is 19.9 Å². The monoisotopic (exact) mass is 692 g/mol. The molecular weight excluding hydrogens is 668 g/mol. The average Bonchev–Trinajstić information content (AvgIpc) is 3.48. The molecule has 7 heteroatoms. The maximum absolute atomic E-state index is 4.71. The molecule has 0 unspecified atom stereocenters. The smallest absolute Gasteiger partial charge is 0.0723 e. The topological polar surface area (TPSA) is 59.7 Å². The van der Waals surface area contributed by atoms with Gasteiger partial charge in [0.25, 0.3) is 0 Å². The molecule has 0 saturated heterocycles. The lowest BCUT2D eigenvalue weighted by Gasteiger charge is -2.29. The van der Waals surface area contributed by atoms with Crippen molar-refractivity contribution < 1.29 is 0 Å². The number of aromatic nitrogens is 5. The second-order valence-corrected chi connectivity index (χ2v) is 12.9. The summed E-state index contributed by atoms with van der Waals surface area (Å²) in [5.74, 6) is 0. The zero-order chi connectivity index (χ0) is 32.5. The molecule has 0 aliphatic carbocycles. The van der Waals surface area contributed by atoms with Crippen LogP contribution in [-0.4, -0.2) is 24.5 Å². The summed E-state index contributed by atoms with van der Waals surface area (Å²) in [5, 5.41) is 8.98. The maximum Gasteiger partial charge on any atom is 0.0723 e. The number of rotatable bonds is 4. The van der Waals surface area contributed by atoms with Gasteiger partial charge in [0.15, 0.2) is 0 Å². The van der Waals surface area contributed by atoms with Gasteiger partial charge >= 0.3 is 0 Å². The second kappa shape index (κ2) is 10.9. The first kappa shape index (κ1) is 27.9. The van der Waals surface area contributed by atoms with Gasteiger partial charge in [-0.25, -0.2) is 0 Å². The van der Waals surface area contributed by atoms with Crippen molar-refractivity contribution in [3.63, 3.8) is 0 Å². The summed E-state index contributed by atoms with van der Waals surface area (Å²) in [6.45, 7) is 0. The largest absolute Gasteiger partial charge is 0.308 e. The minimum Gasteiger partial charge on any atom is -0.308 e. The number of anilines is 3. The molecule has 0 aliphatic rings. The van der Waals surface area contributed by atoms with Gasteiger partial charge in [0.05, 0.1) is 49.3 Å². The summed E-state index contributed by atoms with van der Waals surface area (Å²) in [6.07, 6.45) is 11.3. The SMILES string of the molecule is Brc1c(N(c2cccc3ncccc23)c2cccc3ncccc23)cccc1-n1c2cc3ccncc3cc2c2c3ccncc3ccc21. The van der Waals surface area contributed by atoms with Gasteiger partial charge < -0.3 is 9.47 Å². The molecule has 0 atom stereocenters. The Bertz CT molecular complexity index is 2840. The number of hydrogen-bond donors (Lipinski definition) is 0. The molecule has 5 aromatic heterocycles. The Balaban J connectivity index is 1.31. The summed E-state index contributed by atoms with van der Waals surface area (Å²) in [4.78, 5) is 20.6. The number of halogens is 1. The zero-order valence-electron chi connectivity index (χ0n) is 26.0. The minimum absolute atomic E-state index is 0.931. The fraction of sp³-hybridized carbons (Fsp3) is 0. The highest BCUT2D eigenvalue weighted by atomic mass is 79.9. The Morgan fingerprint density at radius 3 is 1.92 bits per heavy atom. The Hall–Kier alpha value is -6.18. The number of nitrogens with zero attached hydrogens (tertiary/aromatic N) is 6. The highest BCUT2D eigenvalue weighted by Gasteiger charge is 2.24. The predicted molar refractivity (Wildman–Crippen MR) is 204 cm³/mol. The van der Waals surface area contributed by atoms with Gasteiger partial charge in [-0.1, -0.05) is 24.3 Å². The van der Waals surface area contributed by atoms with Crippen LogP contribution in [0.4, 0.5) is 17.1 Å². The molecule has 10 rings (SSSR count). The third-order valence-electron chi connectivity index (χ3n) is 9.47. The van der Waals surface area contributed by atoms with Gasteiger partial charge in [-0.15, -0.1) is 0 Å². The van der Waals surface area contributed by atoms with Gasteiger partial charge in [-0.05, 0) is 118 Å². The predicted octanol–water partition coefficient (Wildman–Crippen LogP) is 11.2. The van der Waals surface area contributed by atoms with Crippen LogP contribution in [0.5, 0.6) is 0 Å². The standard InChI is InChI=1S/C42H25BrN6/c43-42-38(48(35-10-1-8-33-30(35)6-4-18-46-33)36-11-2-9-34-31(36)7-5-19-47-34)12-3-13-39(42)49-37-15-14-27-24-45-21-17-29(27)41(37)32-22-28-25-44-20-16-26(28)23-40(32)49/h1-25H. The van der Waals surface area contributed by atoms with Crippen LogP contribution in [0.2, 0.25) is 0 Å². The highest BCUT2D eigenvalue weighted by Crippen LogP contribution is 2.47. The van der Waals surface area contributed by atoms with E-state index in [2.05, 4.69) is 138 Å². The van der Waals surface area contributed by atoms with Crippen molar-refractivity contribution in [1.29, 1.82) is 0 Å². The van der Waals surface area contributed by atoms with E-state index in [1.807, 2.05) is 49.3 Å². The fourth-order valence-corrected chi connectivity index (χ4v) is 7.95. The van der Waals surface area contributed by atoms with Crippen molar-refractivity contribution in [1.82, 2.24) is 24.5 Å². The molecule has 49 heavy (non-hydrogen) atoms. The van der Waals surface area contributed by atoms with Crippen LogP contribution >= 0.6 is 15.9 Å². The molecule has 0 spiro atoms. The quantitative estimate of drug-likeness (QED) is 0.184. The molecule has 0 amide bonds. The molecule has 230 valence electrons. The van der Waals surface area contributed by atoms with Crippen molar-refractivity contribution in [3.05, 3.63) is 157 Å². The Labute approximate surface area is 289 Å². The summed E-state index contributed by atoms with van der Waals surface area (Å²) in [5.41, 5.74) is 8.17. The van der Waals surface area contributed by atoms with Crippen molar-refractivity contribution in [2.24, 2.45) is 0 Å². The molecule has 10 aromatic rings. The van der Waals surface area contributed by atoms with Crippen molar-refractivity contribution in [2.75, 3.05) is 4.90 Å². The molecule has 0 N–H and O–H groups in total. The lowest BCUT2D eigenvalue weighted by atomic mass is 10.0. The summed E-state index contributed by atoms with van der Waals surface area (Å²) < 4.78 is 3.34. The first-order valence-electron chi connectivity index (χ1n) is 16.1. The highest BCUT2D eigenvalue weighted by molar-refractivity contribution is 9.10. The molecule has 0 radical (unpaired) electrons. The fourth-order valence-electron chi connectivity index (χ4n) is 7.33. The number of pyridine rings is 4. The molecule has 0 bridgehead atoms. The van der Waals surface area contributed by atoms with E-state index in [1.54, 1.807) is 0 Å². The lowest BCUT2D eigenvalue weighted by Crippen LogP contribution is -2.13. The summed E-state index contributed by atoms with van der Waals surface area (Å²) in [6, 6.07) is 40.5. The number of benzene rings is 5. The van der Waals surface area contributed by atoms with Gasteiger partial charge in [-0.2, -0.15) is 0 Å². The Morgan fingerprint density at radius 2 is 1.16 bits per heavy atom. The van der Waals surface area contributed by atoms with Crippen molar-refractivity contribution >= 4 is 98.1 Å². The van der Waals surface area contributed by atoms with Crippen LogP contribution in [0.15, 0.2) is 157 Å². The maximum atomic E-state index is 4.71. The van der Waals surface area contributed by atoms with E-state index in [0.29, 0.717) is 0 Å². The molecule has 6 nitrogen and oxygen atoms in total. The molecule has 0 saturated carbocycles. The van der Waals surface area contributed by atoms with E-state index >= 15 is 0 Å². The average molecular weight is 694 g/mol. The lowest BCUT2D eigenvalue weighted by molar-refractivity contribution is 1.16. The minimum atomic E-state index is 0.931. The number of fused-ring (bicyclic) bond motifs is 8. The van der Waals surface area contributed by atoms with Gasteiger partial charge in [0.2, 0.25) is 0 Å². The van der Waals surface area contributed by atoms with Crippen LogP contribution in [0.25, 0.3) is 70.8 Å². The van der Waals surface area contributed by atoms with Crippen LogP contribution < -0.4 is 4.90 Å². The molecular formula is C42H25BrN6. The van der Waals surface area contributed by atoms with Crippen molar-refractivity contribution in [2.45, 2.75) is 0 Å². The van der Waals surface area contributed by atoms with Gasteiger partial charge in [0.1, 0.15) is 0 Å². The van der Waals surface area contributed by atoms with Crippen LogP contribution in [0.3, 0.4) is 0 Å². The Morgan fingerprint density at radius 1 is 0.490 bits per heavy atom. The third-order valence-corrected chi connectivity index (χ3v) is 10.3. The first-order valence-corrected chi connectivity index (χ1v) is 16.8. The molecule has 5 aromatic carbocycles. The van der Waals surface area contributed by atoms with E-state index in [-0.39, 0.29) is 0 Å². The Kier molecular flexibility index (Phi) is 6.22. The second-order valence-electron chi connectivity index (χ2n) is 12.1. The van der Waals surface area contributed by atoms with Crippen LogP contribution in [0, 0.1) is 0 Å². The zero-order valence-corrected chi connectivity index (χ0v) is 27.6. The van der Waals surface area contributed by atoms with E-state index in [1.165, 1.54) is 16.2 Å². The van der Waals surface area contributed by atoms with E-state index in [9.17, 15) is 0 Å². The number of hydrogen-bond acceptors (Lipinski definition) is 5. The molecule has 0 fully saturated rings. The molecule has 0 aliphatic heterocycles. The van der Waals surface area contributed by atoms with Crippen LogP contribution in [0.1, 0.15) is 0 Å². The van der Waals surface area contributed by atoms with Gasteiger partial charge in [0, 0.05) is 69.5 Å². The first-order chi connectivity index (χ1) is 24.2. The van der Waals surface area contributed by atoms with E-state index < -0.39 is 0 Å². The van der Waals surface area contributed by atoms with E-state index in [0.717, 1.165) is 76.2 Å². The molecule has 5 heterocycles. The third kappa shape index (κ3) is 4.26. The summed E-state index contributed by atoms with van der Waals surface area (Å²) in [7, 11) is 0. The van der Waals surface area contributed by atoms with Crippen molar-refractivity contribution in [3.8, 4) is 5.69 Å².